The molecule has 0 fully saturated rings. The van der Waals surface area contributed by atoms with E-state index in [1.165, 1.54) is 12.4 Å². The Morgan fingerprint density at radius 1 is 1.13 bits per heavy atom. The molecule has 2 aromatic heterocycles. The molecule has 2 aromatic rings. The average molecular weight is 204 g/mol. The Bertz CT molecular complexity index is 447. The SMILES string of the molecule is OC(O)c1ncccc1-c1ccnnn1. The fourth-order valence-electron chi connectivity index (χ4n) is 1.22. The van der Waals surface area contributed by atoms with Crippen LogP contribution in [0.2, 0.25) is 0 Å². The first-order chi connectivity index (χ1) is 7.29. The van der Waals surface area contributed by atoms with Crippen LogP contribution in [-0.4, -0.2) is 30.6 Å². The first-order valence-electron chi connectivity index (χ1n) is 4.25. The van der Waals surface area contributed by atoms with E-state index in [1.54, 1.807) is 18.2 Å². The van der Waals surface area contributed by atoms with Crippen molar-refractivity contribution in [2.45, 2.75) is 6.29 Å². The highest BCUT2D eigenvalue weighted by molar-refractivity contribution is 5.60. The summed E-state index contributed by atoms with van der Waals surface area (Å²) < 4.78 is 0. The third-order valence-corrected chi connectivity index (χ3v) is 1.86. The maximum absolute atomic E-state index is 9.10. The quantitative estimate of drug-likeness (QED) is 0.664. The Balaban J connectivity index is 2.53. The van der Waals surface area contributed by atoms with Gasteiger partial charge in [0.15, 0.2) is 6.29 Å². The van der Waals surface area contributed by atoms with Crippen molar-refractivity contribution in [1.29, 1.82) is 0 Å². The van der Waals surface area contributed by atoms with Gasteiger partial charge in [-0.3, -0.25) is 4.98 Å². The van der Waals surface area contributed by atoms with Crippen molar-refractivity contribution in [1.82, 2.24) is 20.4 Å². The molecule has 0 amide bonds. The van der Waals surface area contributed by atoms with Gasteiger partial charge in [-0.2, -0.15) is 0 Å². The largest absolute Gasteiger partial charge is 0.363 e. The van der Waals surface area contributed by atoms with E-state index in [9.17, 15) is 0 Å². The smallest absolute Gasteiger partial charge is 0.196 e. The summed E-state index contributed by atoms with van der Waals surface area (Å²) in [7, 11) is 0. The number of rotatable bonds is 2. The van der Waals surface area contributed by atoms with E-state index in [0.717, 1.165) is 0 Å². The van der Waals surface area contributed by atoms with E-state index in [-0.39, 0.29) is 5.69 Å². The molecule has 76 valence electrons. The van der Waals surface area contributed by atoms with E-state index in [4.69, 9.17) is 10.2 Å². The topological polar surface area (TPSA) is 92.0 Å². The summed E-state index contributed by atoms with van der Waals surface area (Å²) in [6.45, 7) is 0. The van der Waals surface area contributed by atoms with Gasteiger partial charge in [0.1, 0.15) is 5.69 Å². The molecule has 2 N–H and O–H groups in total. The molecule has 0 saturated heterocycles. The van der Waals surface area contributed by atoms with E-state index < -0.39 is 6.29 Å². The molecule has 0 radical (unpaired) electrons. The first-order valence-corrected chi connectivity index (χ1v) is 4.25. The molecule has 0 aliphatic rings. The van der Waals surface area contributed by atoms with Gasteiger partial charge in [0.25, 0.3) is 0 Å². The number of aliphatic hydroxyl groups excluding tert-OH is 1. The van der Waals surface area contributed by atoms with Gasteiger partial charge in [-0.05, 0) is 23.4 Å². The fraction of sp³-hybridized carbons (Fsp3) is 0.111. The molecule has 6 nitrogen and oxygen atoms in total. The number of pyridine rings is 1. The lowest BCUT2D eigenvalue weighted by atomic mass is 10.1. The standard InChI is InChI=1S/C9H8N4O2/c14-9(15)8-6(2-1-4-10-8)7-3-5-11-13-12-7/h1-5,9,14-15H. The van der Waals surface area contributed by atoms with Gasteiger partial charge in [-0.25, -0.2) is 0 Å². The van der Waals surface area contributed by atoms with Crippen LogP contribution in [0.3, 0.4) is 0 Å². The number of nitrogens with zero attached hydrogens (tertiary/aromatic N) is 4. The second-order valence-electron chi connectivity index (χ2n) is 2.82. The molecule has 0 atom stereocenters. The molecule has 0 unspecified atom stereocenters. The summed E-state index contributed by atoms with van der Waals surface area (Å²) in [5, 5.41) is 29.0. The second kappa shape index (κ2) is 4.07. The van der Waals surface area contributed by atoms with Crippen molar-refractivity contribution in [3.8, 4) is 11.3 Å². The zero-order valence-corrected chi connectivity index (χ0v) is 7.65. The van der Waals surface area contributed by atoms with Crippen LogP contribution in [0, 0.1) is 0 Å². The van der Waals surface area contributed by atoms with Crippen molar-refractivity contribution in [3.63, 3.8) is 0 Å². The van der Waals surface area contributed by atoms with Crippen LogP contribution < -0.4 is 0 Å². The fourth-order valence-corrected chi connectivity index (χ4v) is 1.22. The molecule has 0 spiro atoms. The van der Waals surface area contributed by atoms with Gasteiger partial charge in [-0.15, -0.1) is 10.2 Å². The molecule has 0 aromatic carbocycles. The molecular formula is C9H8N4O2. The Hall–Kier alpha value is -1.92. The third-order valence-electron chi connectivity index (χ3n) is 1.86. The minimum atomic E-state index is -1.63. The lowest BCUT2D eigenvalue weighted by Gasteiger charge is -2.07. The summed E-state index contributed by atoms with van der Waals surface area (Å²) >= 11 is 0. The average Bonchev–Trinajstić information content (AvgIpc) is 2.30. The summed E-state index contributed by atoms with van der Waals surface area (Å²) in [5.41, 5.74) is 1.18. The monoisotopic (exact) mass is 204 g/mol. The highest BCUT2D eigenvalue weighted by Gasteiger charge is 2.12. The van der Waals surface area contributed by atoms with Crippen LogP contribution in [0.5, 0.6) is 0 Å². The minimum absolute atomic E-state index is 0.151. The van der Waals surface area contributed by atoms with Crippen molar-refractivity contribution >= 4 is 0 Å². The summed E-state index contributed by atoms with van der Waals surface area (Å²) in [6.07, 6.45) is 1.33. The maximum Gasteiger partial charge on any atom is 0.196 e. The van der Waals surface area contributed by atoms with Gasteiger partial charge in [0.2, 0.25) is 0 Å². The molecule has 0 aliphatic carbocycles. The van der Waals surface area contributed by atoms with Gasteiger partial charge in [0, 0.05) is 11.8 Å². The Morgan fingerprint density at radius 2 is 2.00 bits per heavy atom. The Kier molecular flexibility index (Phi) is 2.61. The minimum Gasteiger partial charge on any atom is -0.363 e. The zero-order chi connectivity index (χ0) is 10.7. The summed E-state index contributed by atoms with van der Waals surface area (Å²) in [6, 6.07) is 4.99. The Labute approximate surface area is 85.3 Å². The lowest BCUT2D eigenvalue weighted by molar-refractivity contribution is -0.0453. The van der Waals surface area contributed by atoms with Gasteiger partial charge < -0.3 is 10.2 Å². The van der Waals surface area contributed by atoms with Crippen LogP contribution in [0.25, 0.3) is 11.3 Å². The van der Waals surface area contributed by atoms with Crippen molar-refractivity contribution in [2.75, 3.05) is 0 Å². The second-order valence-corrected chi connectivity index (χ2v) is 2.82. The predicted molar refractivity (Wildman–Crippen MR) is 50.2 cm³/mol. The maximum atomic E-state index is 9.10. The van der Waals surface area contributed by atoms with Gasteiger partial charge in [0.05, 0.1) is 11.9 Å². The molecule has 0 bridgehead atoms. The first kappa shape index (κ1) is 9.63. The molecule has 0 aliphatic heterocycles. The summed E-state index contributed by atoms with van der Waals surface area (Å²) in [5.74, 6) is 0. The summed E-state index contributed by atoms with van der Waals surface area (Å²) in [4.78, 5) is 3.87. The van der Waals surface area contributed by atoms with Crippen LogP contribution in [-0.2, 0) is 0 Å². The van der Waals surface area contributed by atoms with E-state index in [2.05, 4.69) is 20.4 Å². The molecule has 2 rings (SSSR count). The normalized spacial score (nSPS) is 10.6. The third kappa shape index (κ3) is 1.95. The van der Waals surface area contributed by atoms with Crippen molar-refractivity contribution in [2.24, 2.45) is 0 Å². The predicted octanol–water partition coefficient (Wildman–Crippen LogP) is -0.0832. The molecular weight excluding hydrogens is 196 g/mol. The highest BCUT2D eigenvalue weighted by Crippen LogP contribution is 2.22. The van der Waals surface area contributed by atoms with Crippen LogP contribution in [0.1, 0.15) is 12.0 Å². The van der Waals surface area contributed by atoms with Crippen LogP contribution in [0.4, 0.5) is 0 Å². The van der Waals surface area contributed by atoms with Crippen LogP contribution >= 0.6 is 0 Å². The Morgan fingerprint density at radius 3 is 2.67 bits per heavy atom. The van der Waals surface area contributed by atoms with E-state index in [1.807, 2.05) is 0 Å². The van der Waals surface area contributed by atoms with E-state index in [0.29, 0.717) is 11.3 Å². The number of hydrogen-bond donors (Lipinski definition) is 2. The molecule has 0 saturated carbocycles. The number of aromatic nitrogens is 4. The van der Waals surface area contributed by atoms with E-state index >= 15 is 0 Å². The van der Waals surface area contributed by atoms with Gasteiger partial charge >= 0.3 is 0 Å². The van der Waals surface area contributed by atoms with Crippen molar-refractivity contribution in [3.05, 3.63) is 36.3 Å². The molecule has 15 heavy (non-hydrogen) atoms. The molecule has 2 heterocycles. The van der Waals surface area contributed by atoms with Crippen molar-refractivity contribution < 1.29 is 10.2 Å². The van der Waals surface area contributed by atoms with Gasteiger partial charge in [-0.1, -0.05) is 0 Å². The number of hydrogen-bond acceptors (Lipinski definition) is 6. The lowest BCUT2D eigenvalue weighted by Crippen LogP contribution is -2.02. The molecule has 6 heteroatoms. The van der Waals surface area contributed by atoms with Crippen LogP contribution in [0.15, 0.2) is 30.6 Å². The number of aliphatic hydroxyl groups is 2. The highest BCUT2D eigenvalue weighted by atomic mass is 16.5. The zero-order valence-electron chi connectivity index (χ0n) is 7.65.